The Bertz CT molecular complexity index is 668. The number of hydrogen-bond donors (Lipinski definition) is 2. The van der Waals surface area contributed by atoms with Crippen LogP contribution >= 0.6 is 27.7 Å². The summed E-state index contributed by atoms with van der Waals surface area (Å²) < 4.78 is 1.05. The van der Waals surface area contributed by atoms with Crippen LogP contribution in [0.1, 0.15) is 23.2 Å². The molecule has 0 saturated heterocycles. The van der Waals surface area contributed by atoms with Gasteiger partial charge in [0.1, 0.15) is 10.9 Å². The summed E-state index contributed by atoms with van der Waals surface area (Å²) >= 11 is 4.99. The molecule has 0 bridgehead atoms. The molecule has 0 unspecified atom stereocenters. The number of nitrogens with zero attached hydrogens (tertiary/aromatic N) is 1. The van der Waals surface area contributed by atoms with Crippen molar-refractivity contribution in [3.05, 3.63) is 51.6 Å². The van der Waals surface area contributed by atoms with E-state index in [1.165, 1.54) is 5.56 Å². The van der Waals surface area contributed by atoms with Crippen molar-refractivity contribution in [2.75, 3.05) is 0 Å². The van der Waals surface area contributed by atoms with Crippen molar-refractivity contribution in [1.29, 1.82) is 5.41 Å². The fraction of sp³-hybridized carbons (Fsp3) is 0.200. The molecule has 1 aromatic heterocycles. The number of nitrogens with two attached hydrogens (primary N) is 1. The number of pyridine rings is 1. The van der Waals surface area contributed by atoms with Gasteiger partial charge in [0.15, 0.2) is 0 Å². The van der Waals surface area contributed by atoms with Crippen molar-refractivity contribution in [3.63, 3.8) is 0 Å². The minimum absolute atomic E-state index is 0.0896. The van der Waals surface area contributed by atoms with E-state index in [9.17, 15) is 0 Å². The third-order valence-corrected chi connectivity index (χ3v) is 4.88. The first-order chi connectivity index (χ1) is 9.63. The van der Waals surface area contributed by atoms with Crippen molar-refractivity contribution in [3.8, 4) is 0 Å². The summed E-state index contributed by atoms with van der Waals surface area (Å²) in [5, 5.41) is 8.59. The zero-order chi connectivity index (χ0) is 14.1. The van der Waals surface area contributed by atoms with Gasteiger partial charge in [-0.25, -0.2) is 4.98 Å². The molecule has 3 rings (SSSR count). The summed E-state index contributed by atoms with van der Waals surface area (Å²) in [7, 11) is 0. The van der Waals surface area contributed by atoms with Gasteiger partial charge in [0.25, 0.3) is 0 Å². The van der Waals surface area contributed by atoms with Crippen LogP contribution in [0.15, 0.2) is 44.7 Å². The van der Waals surface area contributed by atoms with Crippen LogP contribution < -0.4 is 5.73 Å². The Balaban J connectivity index is 1.99. The van der Waals surface area contributed by atoms with Gasteiger partial charge in [-0.3, -0.25) is 5.41 Å². The predicted molar refractivity (Wildman–Crippen MR) is 85.5 cm³/mol. The second-order valence-electron chi connectivity index (χ2n) is 4.77. The molecule has 0 spiro atoms. The van der Waals surface area contributed by atoms with E-state index in [1.54, 1.807) is 11.8 Å². The second-order valence-corrected chi connectivity index (χ2v) is 6.75. The van der Waals surface area contributed by atoms with E-state index in [0.717, 1.165) is 44.9 Å². The lowest BCUT2D eigenvalue weighted by molar-refractivity contribution is 0.891. The molecule has 0 radical (unpaired) electrons. The molecule has 1 aliphatic rings. The van der Waals surface area contributed by atoms with Crippen LogP contribution in [-0.2, 0) is 12.8 Å². The van der Waals surface area contributed by atoms with E-state index in [1.807, 2.05) is 30.3 Å². The fourth-order valence-electron chi connectivity index (χ4n) is 2.34. The van der Waals surface area contributed by atoms with E-state index in [0.29, 0.717) is 0 Å². The number of halogens is 1. The Morgan fingerprint density at radius 2 is 2.00 bits per heavy atom. The van der Waals surface area contributed by atoms with E-state index >= 15 is 0 Å². The first-order valence-corrected chi connectivity index (χ1v) is 8.05. The highest BCUT2D eigenvalue weighted by Gasteiger charge is 2.18. The van der Waals surface area contributed by atoms with Gasteiger partial charge >= 0.3 is 0 Å². The molecule has 0 saturated carbocycles. The monoisotopic (exact) mass is 347 g/mol. The van der Waals surface area contributed by atoms with Gasteiger partial charge in [-0.2, -0.15) is 0 Å². The molecule has 3 N–H and O–H groups in total. The molecule has 3 nitrogen and oxygen atoms in total. The van der Waals surface area contributed by atoms with E-state index < -0.39 is 0 Å². The second kappa shape index (κ2) is 5.58. The molecule has 0 fully saturated rings. The number of fused-ring (bicyclic) bond motifs is 1. The molecule has 0 atom stereocenters. The standard InChI is InChI=1S/C15H14BrN3S/c16-10-4-6-11(7-5-10)20-15-12(14(17)18)8-9-2-1-3-13(9)19-15/h4-8H,1-3H2,(H3,17,18). The molecule has 1 heterocycles. The van der Waals surface area contributed by atoms with Gasteiger partial charge in [0, 0.05) is 20.6 Å². The minimum atomic E-state index is 0.0896. The van der Waals surface area contributed by atoms with E-state index in [4.69, 9.17) is 16.1 Å². The molecule has 5 heteroatoms. The zero-order valence-corrected chi connectivity index (χ0v) is 13.2. The van der Waals surface area contributed by atoms with Crippen LogP contribution in [0.4, 0.5) is 0 Å². The van der Waals surface area contributed by atoms with Crippen molar-refractivity contribution in [2.45, 2.75) is 29.2 Å². The highest BCUT2D eigenvalue weighted by molar-refractivity contribution is 9.10. The summed E-state index contributed by atoms with van der Waals surface area (Å²) in [6, 6.07) is 10.1. The molecular formula is C15H14BrN3S. The van der Waals surface area contributed by atoms with Gasteiger partial charge in [-0.15, -0.1) is 0 Å². The zero-order valence-electron chi connectivity index (χ0n) is 10.8. The predicted octanol–water partition coefficient (Wildman–Crippen LogP) is 3.77. The Morgan fingerprint density at radius 1 is 1.25 bits per heavy atom. The third kappa shape index (κ3) is 2.74. The largest absolute Gasteiger partial charge is 0.384 e. The summed E-state index contributed by atoms with van der Waals surface area (Å²) in [4.78, 5) is 5.82. The fourth-order valence-corrected chi connectivity index (χ4v) is 3.53. The average molecular weight is 348 g/mol. The van der Waals surface area contributed by atoms with Crippen LogP contribution in [0.3, 0.4) is 0 Å². The first-order valence-electron chi connectivity index (χ1n) is 6.44. The first kappa shape index (κ1) is 13.6. The Labute approximate surface area is 130 Å². The third-order valence-electron chi connectivity index (χ3n) is 3.33. The van der Waals surface area contributed by atoms with Crippen LogP contribution in [0.25, 0.3) is 0 Å². The molecule has 1 aromatic carbocycles. The number of aryl methyl sites for hydroxylation is 2. The number of aromatic nitrogens is 1. The number of hydrogen-bond acceptors (Lipinski definition) is 3. The number of nitrogens with one attached hydrogen (secondary N) is 1. The average Bonchev–Trinajstić information content (AvgIpc) is 2.87. The normalized spacial score (nSPS) is 13.2. The van der Waals surface area contributed by atoms with E-state index in [-0.39, 0.29) is 5.84 Å². The lowest BCUT2D eigenvalue weighted by Crippen LogP contribution is -2.14. The van der Waals surface area contributed by atoms with Crippen LogP contribution in [0.5, 0.6) is 0 Å². The van der Waals surface area contributed by atoms with Gasteiger partial charge in [0.2, 0.25) is 0 Å². The maximum atomic E-state index is 7.76. The molecule has 102 valence electrons. The smallest absolute Gasteiger partial charge is 0.125 e. The van der Waals surface area contributed by atoms with Gasteiger partial charge in [0.05, 0.1) is 0 Å². The van der Waals surface area contributed by atoms with Crippen LogP contribution in [-0.4, -0.2) is 10.8 Å². The lowest BCUT2D eigenvalue weighted by Gasteiger charge is -2.10. The highest BCUT2D eigenvalue weighted by Crippen LogP contribution is 2.33. The van der Waals surface area contributed by atoms with Gasteiger partial charge in [-0.05, 0) is 55.2 Å². The summed E-state index contributed by atoms with van der Waals surface area (Å²) in [5.74, 6) is 0.0896. The number of rotatable bonds is 3. The molecule has 1 aliphatic carbocycles. The van der Waals surface area contributed by atoms with E-state index in [2.05, 4.69) is 15.9 Å². The van der Waals surface area contributed by atoms with Crippen molar-refractivity contribution < 1.29 is 0 Å². The number of amidine groups is 1. The summed E-state index contributed by atoms with van der Waals surface area (Å²) in [5.41, 5.74) is 8.86. The Hall–Kier alpha value is -1.33. The lowest BCUT2D eigenvalue weighted by atomic mass is 10.1. The number of nitrogen functional groups attached to an aromatic ring is 1. The molecular weight excluding hydrogens is 334 g/mol. The van der Waals surface area contributed by atoms with Gasteiger partial charge < -0.3 is 5.73 Å². The van der Waals surface area contributed by atoms with Crippen molar-refractivity contribution in [2.24, 2.45) is 5.73 Å². The Kier molecular flexibility index (Phi) is 3.81. The maximum Gasteiger partial charge on any atom is 0.125 e. The Morgan fingerprint density at radius 3 is 2.70 bits per heavy atom. The SMILES string of the molecule is N=C(N)c1cc2c(nc1Sc1ccc(Br)cc1)CCC2. The summed E-state index contributed by atoms with van der Waals surface area (Å²) in [6.45, 7) is 0. The molecule has 0 amide bonds. The quantitative estimate of drug-likeness (QED) is 0.656. The number of benzene rings is 1. The molecule has 2 aromatic rings. The van der Waals surface area contributed by atoms with Crippen molar-refractivity contribution >= 4 is 33.5 Å². The minimum Gasteiger partial charge on any atom is -0.384 e. The molecule has 20 heavy (non-hydrogen) atoms. The van der Waals surface area contributed by atoms with Gasteiger partial charge in [-0.1, -0.05) is 27.7 Å². The topological polar surface area (TPSA) is 62.8 Å². The van der Waals surface area contributed by atoms with Crippen LogP contribution in [0, 0.1) is 5.41 Å². The molecule has 0 aliphatic heterocycles. The maximum absolute atomic E-state index is 7.76. The highest BCUT2D eigenvalue weighted by atomic mass is 79.9. The van der Waals surface area contributed by atoms with Crippen molar-refractivity contribution in [1.82, 2.24) is 4.98 Å². The summed E-state index contributed by atoms with van der Waals surface area (Å²) in [6.07, 6.45) is 3.22. The van der Waals surface area contributed by atoms with Crippen LogP contribution in [0.2, 0.25) is 0 Å².